The first-order chi connectivity index (χ1) is 17.5. The molecule has 0 amide bonds. The predicted molar refractivity (Wildman–Crippen MR) is 146 cm³/mol. The molecule has 4 rings (SSSR count). The Morgan fingerprint density at radius 1 is 0.667 bits per heavy atom. The molecule has 0 bridgehead atoms. The molecule has 0 aliphatic heterocycles. The molecule has 0 saturated heterocycles. The minimum atomic E-state index is -3.26. The maximum Gasteiger partial charge on any atom is 0.383 e. The van der Waals surface area contributed by atoms with Gasteiger partial charge in [0.1, 0.15) is 0 Å². The van der Waals surface area contributed by atoms with Crippen molar-refractivity contribution in [1.82, 2.24) is 0 Å². The fourth-order valence-corrected chi connectivity index (χ4v) is 6.67. The highest BCUT2D eigenvalue weighted by atomic mass is 19.3. The van der Waals surface area contributed by atoms with Crippen LogP contribution in [0, 0.1) is 11.8 Å². The van der Waals surface area contributed by atoms with Crippen molar-refractivity contribution in [2.75, 3.05) is 6.61 Å². The van der Waals surface area contributed by atoms with E-state index in [0.29, 0.717) is 18.3 Å². The molecule has 2 aliphatic carbocycles. The van der Waals surface area contributed by atoms with E-state index in [-0.39, 0.29) is 12.2 Å². The van der Waals surface area contributed by atoms with Crippen LogP contribution in [-0.2, 0) is 17.3 Å². The van der Waals surface area contributed by atoms with Crippen LogP contribution < -0.4 is 0 Å². The molecule has 0 aromatic heterocycles. The minimum Gasteiger partial charge on any atom is -0.316 e. The van der Waals surface area contributed by atoms with Crippen molar-refractivity contribution in [1.29, 1.82) is 0 Å². The molecule has 36 heavy (non-hydrogen) atoms. The van der Waals surface area contributed by atoms with Crippen molar-refractivity contribution in [2.45, 2.75) is 115 Å². The van der Waals surface area contributed by atoms with Gasteiger partial charge >= 0.3 is 6.11 Å². The van der Waals surface area contributed by atoms with E-state index in [1.807, 2.05) is 12.1 Å². The second-order valence-corrected chi connectivity index (χ2v) is 11.5. The van der Waals surface area contributed by atoms with Crippen molar-refractivity contribution in [2.24, 2.45) is 11.8 Å². The van der Waals surface area contributed by atoms with Crippen molar-refractivity contribution in [3.63, 3.8) is 0 Å². The van der Waals surface area contributed by atoms with Crippen LogP contribution in [0.4, 0.5) is 8.78 Å². The second kappa shape index (κ2) is 13.2. The Kier molecular flexibility index (Phi) is 9.99. The van der Waals surface area contributed by atoms with E-state index in [4.69, 9.17) is 4.74 Å². The third kappa shape index (κ3) is 7.40. The fraction of sp³-hybridized carbons (Fsp3) is 0.636. The molecular formula is C33H46F2O. The second-order valence-electron chi connectivity index (χ2n) is 11.5. The molecule has 3 heteroatoms. The van der Waals surface area contributed by atoms with Crippen molar-refractivity contribution >= 4 is 0 Å². The third-order valence-corrected chi connectivity index (χ3v) is 8.93. The van der Waals surface area contributed by atoms with Gasteiger partial charge in [0.25, 0.3) is 0 Å². The quantitative estimate of drug-likeness (QED) is 0.301. The van der Waals surface area contributed by atoms with Crippen molar-refractivity contribution in [3.8, 4) is 0 Å². The first-order valence-electron chi connectivity index (χ1n) is 14.7. The number of alkyl halides is 2. The summed E-state index contributed by atoms with van der Waals surface area (Å²) in [5, 5.41) is 0. The third-order valence-electron chi connectivity index (χ3n) is 8.93. The van der Waals surface area contributed by atoms with Crippen LogP contribution in [0.15, 0.2) is 48.5 Å². The van der Waals surface area contributed by atoms with Crippen LogP contribution in [0.3, 0.4) is 0 Å². The summed E-state index contributed by atoms with van der Waals surface area (Å²) >= 11 is 0. The lowest BCUT2D eigenvalue weighted by Gasteiger charge is -2.29. The van der Waals surface area contributed by atoms with Gasteiger partial charge in [0.15, 0.2) is 0 Å². The summed E-state index contributed by atoms with van der Waals surface area (Å²) in [5.74, 6) is 2.93. The van der Waals surface area contributed by atoms with Crippen LogP contribution in [0.5, 0.6) is 0 Å². The number of hydrogen-bond acceptors (Lipinski definition) is 1. The zero-order chi connectivity index (χ0) is 25.4. The van der Waals surface area contributed by atoms with Crippen LogP contribution >= 0.6 is 0 Å². The van der Waals surface area contributed by atoms with Gasteiger partial charge in [-0.3, -0.25) is 0 Å². The molecule has 0 radical (unpaired) electrons. The molecular weight excluding hydrogens is 450 g/mol. The maximum atomic E-state index is 14.7. The average molecular weight is 497 g/mol. The predicted octanol–water partition coefficient (Wildman–Crippen LogP) is 10.1. The summed E-state index contributed by atoms with van der Waals surface area (Å²) in [5.41, 5.74) is 3.62. The summed E-state index contributed by atoms with van der Waals surface area (Å²) in [6.07, 6.45) is 12.6. The molecule has 2 fully saturated rings. The first kappa shape index (κ1) is 27.3. The Balaban J connectivity index is 1.22. The Labute approximate surface area is 218 Å². The highest BCUT2D eigenvalue weighted by Gasteiger charge is 2.33. The molecule has 2 aromatic rings. The van der Waals surface area contributed by atoms with Gasteiger partial charge in [-0.2, -0.15) is 8.78 Å². The first-order valence-corrected chi connectivity index (χ1v) is 14.7. The number of ether oxygens (including phenoxy) is 1. The van der Waals surface area contributed by atoms with Crippen LogP contribution in [0.1, 0.15) is 125 Å². The molecule has 0 atom stereocenters. The monoisotopic (exact) mass is 496 g/mol. The molecule has 2 aliphatic rings. The Hall–Kier alpha value is -1.74. The minimum absolute atomic E-state index is 0.0116. The summed E-state index contributed by atoms with van der Waals surface area (Å²) in [6.45, 7) is 4.54. The van der Waals surface area contributed by atoms with E-state index in [1.54, 1.807) is 12.1 Å². The molecule has 0 unspecified atom stereocenters. The van der Waals surface area contributed by atoms with E-state index in [0.717, 1.165) is 17.4 Å². The molecule has 0 heterocycles. The normalized spacial score (nSPS) is 25.1. The van der Waals surface area contributed by atoms with Gasteiger partial charge in [-0.05, 0) is 98.1 Å². The molecule has 1 nitrogen and oxygen atoms in total. The van der Waals surface area contributed by atoms with Crippen molar-refractivity contribution in [3.05, 3.63) is 70.8 Å². The number of halogens is 2. The molecule has 2 aromatic carbocycles. The maximum absolute atomic E-state index is 14.7. The van der Waals surface area contributed by atoms with Gasteiger partial charge in [0.05, 0.1) is 12.2 Å². The summed E-state index contributed by atoms with van der Waals surface area (Å²) in [4.78, 5) is 0. The van der Waals surface area contributed by atoms with Gasteiger partial charge in [0, 0.05) is 0 Å². The van der Waals surface area contributed by atoms with Crippen LogP contribution in [-0.4, -0.2) is 6.61 Å². The summed E-state index contributed by atoms with van der Waals surface area (Å²) in [6, 6.07) is 15.5. The summed E-state index contributed by atoms with van der Waals surface area (Å²) in [7, 11) is 0. The van der Waals surface area contributed by atoms with Gasteiger partial charge in [-0.15, -0.1) is 0 Å². The average Bonchev–Trinajstić information content (AvgIpc) is 2.90. The largest absolute Gasteiger partial charge is 0.383 e. The lowest BCUT2D eigenvalue weighted by Crippen LogP contribution is -2.20. The number of hydrogen-bond donors (Lipinski definition) is 0. The molecule has 198 valence electrons. The van der Waals surface area contributed by atoms with Crippen LogP contribution in [0.25, 0.3) is 0 Å². The van der Waals surface area contributed by atoms with Gasteiger partial charge in [0.2, 0.25) is 0 Å². The Bertz CT molecular complexity index is 888. The summed E-state index contributed by atoms with van der Waals surface area (Å²) < 4.78 is 34.6. The van der Waals surface area contributed by atoms with Crippen molar-refractivity contribution < 1.29 is 13.5 Å². The number of benzene rings is 2. The Morgan fingerprint density at radius 3 is 1.56 bits per heavy atom. The van der Waals surface area contributed by atoms with Gasteiger partial charge in [-0.25, -0.2) is 0 Å². The van der Waals surface area contributed by atoms with E-state index in [1.165, 1.54) is 88.2 Å². The van der Waals surface area contributed by atoms with Gasteiger partial charge < -0.3 is 4.74 Å². The van der Waals surface area contributed by atoms with E-state index in [9.17, 15) is 8.78 Å². The topological polar surface area (TPSA) is 9.23 Å². The zero-order valence-corrected chi connectivity index (χ0v) is 22.5. The lowest BCUT2D eigenvalue weighted by atomic mass is 9.77. The van der Waals surface area contributed by atoms with E-state index < -0.39 is 6.11 Å². The highest BCUT2D eigenvalue weighted by molar-refractivity contribution is 5.28. The van der Waals surface area contributed by atoms with E-state index in [2.05, 4.69) is 38.1 Å². The van der Waals surface area contributed by atoms with E-state index >= 15 is 0 Å². The fourth-order valence-electron chi connectivity index (χ4n) is 6.67. The highest BCUT2D eigenvalue weighted by Crippen LogP contribution is 2.39. The standard InChI is InChI=1S/C33H46F2O/c1-3-5-25-7-13-28(14-8-25)29-17-11-27(12-18-29)23-24-36-33(34,35)32-21-19-31(20-22-32)30-15-9-26(6-4-2)10-16-30/h11-12,17-22,25-26,28,30H,3-10,13-16,23-24H2,1-2H3/t25-,26-,28-,30-. The smallest absolute Gasteiger partial charge is 0.316 e. The van der Waals surface area contributed by atoms with Gasteiger partial charge in [-0.1, -0.05) is 88.1 Å². The molecule has 0 N–H and O–H groups in total. The lowest BCUT2D eigenvalue weighted by molar-refractivity contribution is -0.248. The number of rotatable bonds is 11. The van der Waals surface area contributed by atoms with Crippen LogP contribution in [0.2, 0.25) is 0 Å². The zero-order valence-electron chi connectivity index (χ0n) is 22.5. The molecule has 0 spiro atoms. The SMILES string of the molecule is CCC[C@H]1CC[C@H](c2ccc(CCOC(F)(F)c3ccc([C@H]4CC[C@H](CCC)CC4)cc3)cc2)CC1. The molecule has 2 saturated carbocycles. The Morgan fingerprint density at radius 2 is 1.11 bits per heavy atom.